The highest BCUT2D eigenvalue weighted by atomic mass is 32.2. The second-order valence-corrected chi connectivity index (χ2v) is 7.19. The number of halogens is 1. The molecule has 122 valence electrons. The molecule has 0 aliphatic heterocycles. The van der Waals surface area contributed by atoms with E-state index in [1.165, 1.54) is 43.6 Å². The molecule has 0 aliphatic rings. The van der Waals surface area contributed by atoms with Crippen molar-refractivity contribution in [3.8, 4) is 11.1 Å². The third-order valence-corrected chi connectivity index (χ3v) is 5.78. The molecule has 0 bridgehead atoms. The molecule has 0 amide bonds. The van der Waals surface area contributed by atoms with Gasteiger partial charge in [0.05, 0.1) is 5.39 Å². The Balaban J connectivity index is 2.12. The first-order chi connectivity index (χ1) is 11.5. The van der Waals surface area contributed by atoms with Gasteiger partial charge >= 0.3 is 0 Å². The number of carbonyl (C=O) groups excluding carboxylic acids is 2. The molecule has 0 fully saturated rings. The van der Waals surface area contributed by atoms with Crippen LogP contribution in [-0.2, 0) is 9.59 Å². The molecule has 2 aromatic heterocycles. The smallest absolute Gasteiger partial charge is 0.150 e. The first-order valence-corrected chi connectivity index (χ1v) is 8.89. The highest BCUT2D eigenvalue weighted by Crippen LogP contribution is 2.39. The van der Waals surface area contributed by atoms with Crippen molar-refractivity contribution in [1.29, 1.82) is 0 Å². The lowest BCUT2D eigenvalue weighted by Gasteiger charge is -2.10. The van der Waals surface area contributed by atoms with Gasteiger partial charge in [0.1, 0.15) is 27.3 Å². The number of thioether (sulfide) groups is 1. The van der Waals surface area contributed by atoms with Crippen molar-refractivity contribution in [2.24, 2.45) is 0 Å². The summed E-state index contributed by atoms with van der Waals surface area (Å²) in [6.45, 7) is 2.79. The van der Waals surface area contributed by atoms with Crippen LogP contribution in [0.1, 0.15) is 13.8 Å². The van der Waals surface area contributed by atoms with Crippen LogP contribution in [0.4, 0.5) is 4.39 Å². The molecule has 24 heavy (non-hydrogen) atoms. The summed E-state index contributed by atoms with van der Waals surface area (Å²) in [4.78, 5) is 32.7. The average molecular weight is 360 g/mol. The van der Waals surface area contributed by atoms with Gasteiger partial charge in [-0.1, -0.05) is 23.9 Å². The number of hydrogen-bond donors (Lipinski definition) is 0. The minimum Gasteiger partial charge on any atom is -0.298 e. The largest absolute Gasteiger partial charge is 0.298 e. The van der Waals surface area contributed by atoms with E-state index in [0.29, 0.717) is 5.03 Å². The predicted molar refractivity (Wildman–Crippen MR) is 93.8 cm³/mol. The lowest BCUT2D eigenvalue weighted by molar-refractivity contribution is -0.123. The fourth-order valence-corrected chi connectivity index (χ4v) is 4.31. The molecule has 0 radical (unpaired) electrons. The molecule has 4 nitrogen and oxygen atoms in total. The summed E-state index contributed by atoms with van der Waals surface area (Å²) < 4.78 is 13.2. The van der Waals surface area contributed by atoms with E-state index in [9.17, 15) is 14.0 Å². The van der Waals surface area contributed by atoms with E-state index < -0.39 is 5.25 Å². The van der Waals surface area contributed by atoms with Crippen molar-refractivity contribution < 1.29 is 14.0 Å². The van der Waals surface area contributed by atoms with Crippen LogP contribution in [0.5, 0.6) is 0 Å². The number of Topliss-reactive ketones (excluding diaryl/α,β-unsaturated/α-hetero) is 2. The van der Waals surface area contributed by atoms with Crippen LogP contribution in [0.25, 0.3) is 21.3 Å². The van der Waals surface area contributed by atoms with Crippen LogP contribution < -0.4 is 0 Å². The van der Waals surface area contributed by atoms with E-state index >= 15 is 0 Å². The Hall–Kier alpha value is -2.12. The topological polar surface area (TPSA) is 59.9 Å². The van der Waals surface area contributed by atoms with Crippen LogP contribution in [0.2, 0.25) is 0 Å². The number of thiophene rings is 1. The van der Waals surface area contributed by atoms with Crippen molar-refractivity contribution in [2.75, 3.05) is 0 Å². The summed E-state index contributed by atoms with van der Waals surface area (Å²) in [5.41, 5.74) is 1.70. The molecule has 1 aromatic carbocycles. The lowest BCUT2D eigenvalue weighted by atomic mass is 10.1. The Kier molecular flexibility index (Phi) is 4.73. The Bertz CT molecular complexity index is 908. The van der Waals surface area contributed by atoms with Crippen molar-refractivity contribution in [1.82, 2.24) is 9.97 Å². The number of fused-ring (bicyclic) bond motifs is 1. The number of benzene rings is 1. The standard InChI is InChI=1S/C17H13FN2O2S2/c1-9(21)15(10(2)22)24-17-14-13(7-23-16(14)19-8-20-17)11-3-5-12(18)6-4-11/h3-8,15H,1-2H3. The summed E-state index contributed by atoms with van der Waals surface area (Å²) in [7, 11) is 0. The molecule has 0 unspecified atom stereocenters. The van der Waals surface area contributed by atoms with Crippen LogP contribution in [0.3, 0.4) is 0 Å². The summed E-state index contributed by atoms with van der Waals surface area (Å²) in [5.74, 6) is -0.729. The monoisotopic (exact) mass is 360 g/mol. The normalized spacial score (nSPS) is 11.2. The van der Waals surface area contributed by atoms with Crippen LogP contribution >= 0.6 is 23.1 Å². The van der Waals surface area contributed by atoms with Crippen molar-refractivity contribution >= 4 is 44.9 Å². The molecule has 7 heteroatoms. The van der Waals surface area contributed by atoms with Crippen LogP contribution in [-0.4, -0.2) is 26.8 Å². The number of ketones is 2. The second kappa shape index (κ2) is 6.78. The lowest BCUT2D eigenvalue weighted by Crippen LogP contribution is -2.22. The number of aromatic nitrogens is 2. The minimum absolute atomic E-state index is 0.210. The first-order valence-electron chi connectivity index (χ1n) is 7.13. The molecule has 0 N–H and O–H groups in total. The summed E-state index contributed by atoms with van der Waals surface area (Å²) >= 11 is 2.58. The maximum absolute atomic E-state index is 13.2. The summed E-state index contributed by atoms with van der Waals surface area (Å²) in [6, 6.07) is 6.16. The zero-order valence-corrected chi connectivity index (χ0v) is 14.6. The third-order valence-electron chi connectivity index (χ3n) is 3.46. The maximum atomic E-state index is 13.2. The van der Waals surface area contributed by atoms with Gasteiger partial charge in [-0.25, -0.2) is 14.4 Å². The van der Waals surface area contributed by atoms with Gasteiger partial charge in [0.25, 0.3) is 0 Å². The molecule has 2 heterocycles. The molecule has 0 spiro atoms. The van der Waals surface area contributed by atoms with Crippen molar-refractivity contribution in [2.45, 2.75) is 24.1 Å². The quantitative estimate of drug-likeness (QED) is 0.389. The van der Waals surface area contributed by atoms with Gasteiger partial charge in [0, 0.05) is 10.9 Å². The third kappa shape index (κ3) is 3.22. The highest BCUT2D eigenvalue weighted by Gasteiger charge is 2.24. The fourth-order valence-electron chi connectivity index (χ4n) is 2.34. The van der Waals surface area contributed by atoms with Gasteiger partial charge < -0.3 is 0 Å². The minimum atomic E-state index is -0.788. The molecular formula is C17H13FN2O2S2. The number of carbonyl (C=O) groups is 2. The molecule has 3 rings (SSSR count). The van der Waals surface area contributed by atoms with Gasteiger partial charge in [-0.3, -0.25) is 9.59 Å². The van der Waals surface area contributed by atoms with Gasteiger partial charge in [0.15, 0.2) is 11.6 Å². The highest BCUT2D eigenvalue weighted by molar-refractivity contribution is 8.01. The van der Waals surface area contributed by atoms with E-state index in [1.807, 2.05) is 5.38 Å². The molecule has 3 aromatic rings. The number of nitrogens with zero attached hydrogens (tertiary/aromatic N) is 2. The van der Waals surface area contributed by atoms with E-state index in [4.69, 9.17) is 0 Å². The Morgan fingerprint density at radius 2 is 1.79 bits per heavy atom. The number of rotatable bonds is 5. The number of hydrogen-bond acceptors (Lipinski definition) is 6. The van der Waals surface area contributed by atoms with Crippen LogP contribution in [0, 0.1) is 5.82 Å². The molecule has 0 aliphatic carbocycles. The molecule has 0 saturated heterocycles. The summed E-state index contributed by atoms with van der Waals surface area (Å²) in [5, 5.41) is 2.50. The van der Waals surface area contributed by atoms with E-state index in [2.05, 4.69) is 9.97 Å². The first kappa shape index (κ1) is 16.7. The SMILES string of the molecule is CC(=O)C(Sc1ncnc2scc(-c3ccc(F)cc3)c12)C(C)=O. The molecule has 0 atom stereocenters. The fraction of sp³-hybridized carbons (Fsp3) is 0.176. The van der Waals surface area contributed by atoms with Gasteiger partial charge in [-0.2, -0.15) is 0 Å². The second-order valence-electron chi connectivity index (χ2n) is 5.23. The van der Waals surface area contributed by atoms with Gasteiger partial charge in [0.2, 0.25) is 0 Å². The Morgan fingerprint density at radius 3 is 2.42 bits per heavy atom. The predicted octanol–water partition coefficient (Wildman–Crippen LogP) is 4.14. The van der Waals surface area contributed by atoms with Gasteiger partial charge in [-0.15, -0.1) is 11.3 Å². The zero-order chi connectivity index (χ0) is 17.3. The van der Waals surface area contributed by atoms with Crippen molar-refractivity contribution in [3.63, 3.8) is 0 Å². The van der Waals surface area contributed by atoms with Crippen molar-refractivity contribution in [3.05, 3.63) is 41.8 Å². The van der Waals surface area contributed by atoms with E-state index in [1.54, 1.807) is 12.1 Å². The van der Waals surface area contributed by atoms with Gasteiger partial charge in [-0.05, 0) is 31.5 Å². The Morgan fingerprint density at radius 1 is 1.12 bits per heavy atom. The Labute approximate surface area is 146 Å². The summed E-state index contributed by atoms with van der Waals surface area (Å²) in [6.07, 6.45) is 1.42. The van der Waals surface area contributed by atoms with E-state index in [-0.39, 0.29) is 17.4 Å². The maximum Gasteiger partial charge on any atom is 0.150 e. The average Bonchev–Trinajstić information content (AvgIpc) is 2.97. The van der Waals surface area contributed by atoms with E-state index in [0.717, 1.165) is 33.1 Å². The zero-order valence-electron chi connectivity index (χ0n) is 12.9. The molecule has 0 saturated carbocycles. The van der Waals surface area contributed by atoms with Crippen LogP contribution in [0.15, 0.2) is 41.0 Å². The molecular weight excluding hydrogens is 347 g/mol.